The predicted octanol–water partition coefficient (Wildman–Crippen LogP) is 16.0. The van der Waals surface area contributed by atoms with Crippen molar-refractivity contribution in [1.29, 1.82) is 0 Å². The van der Waals surface area contributed by atoms with Gasteiger partial charge < -0.3 is 9.32 Å². The maximum atomic E-state index is 7.06. The molecule has 0 saturated heterocycles. The van der Waals surface area contributed by atoms with E-state index in [0.29, 0.717) is 0 Å². The fourth-order valence-electron chi connectivity index (χ4n) is 11.8. The number of hydrogen-bond donors (Lipinski definition) is 0. The number of rotatable bonds is 8. The number of furan rings is 1. The average Bonchev–Trinajstić information content (AvgIpc) is 4.01. The molecule has 11 aromatic rings. The highest BCUT2D eigenvalue weighted by Crippen LogP contribution is 2.61. The molecule has 13 rings (SSSR count). The molecule has 0 amide bonds. The summed E-state index contributed by atoms with van der Waals surface area (Å²) in [5, 5.41) is 2.23. The van der Waals surface area contributed by atoms with Crippen LogP contribution in [0.4, 0.5) is 17.1 Å². The number of hydrogen-bond acceptors (Lipinski definition) is 2. The Kier molecular flexibility index (Phi) is 8.44. The van der Waals surface area contributed by atoms with Gasteiger partial charge in [0.05, 0.1) is 27.6 Å². The summed E-state index contributed by atoms with van der Waals surface area (Å²) < 4.78 is 7.06. The smallest absolute Gasteiger partial charge is 0.137 e. The van der Waals surface area contributed by atoms with Crippen molar-refractivity contribution < 1.29 is 4.42 Å². The number of anilines is 3. The maximum absolute atomic E-state index is 7.06. The molecule has 2 aliphatic carbocycles. The van der Waals surface area contributed by atoms with Crippen LogP contribution < -0.4 is 4.90 Å². The molecule has 1 aromatic heterocycles. The van der Waals surface area contributed by atoms with Crippen LogP contribution in [0.25, 0.3) is 44.2 Å². The Bertz CT molecular complexity index is 3490. The summed E-state index contributed by atoms with van der Waals surface area (Å²) in [6.45, 7) is 0. The average molecular weight is 830 g/mol. The lowest BCUT2D eigenvalue weighted by molar-refractivity contribution is 0.632. The minimum Gasteiger partial charge on any atom is -0.456 e. The van der Waals surface area contributed by atoms with Crippen molar-refractivity contribution in [3.63, 3.8) is 0 Å². The highest BCUT2D eigenvalue weighted by Gasteiger charge is 2.48. The van der Waals surface area contributed by atoms with Crippen molar-refractivity contribution in [3.8, 4) is 22.3 Å². The molecule has 0 saturated carbocycles. The van der Waals surface area contributed by atoms with Crippen molar-refractivity contribution in [2.24, 2.45) is 0 Å². The second-order valence-electron chi connectivity index (χ2n) is 17.5. The molecular formula is C63H43NO. The van der Waals surface area contributed by atoms with Crippen LogP contribution in [-0.4, -0.2) is 0 Å². The number of benzene rings is 10. The lowest BCUT2D eigenvalue weighted by atomic mass is 9.67. The second kappa shape index (κ2) is 14.7. The Morgan fingerprint density at radius 2 is 0.800 bits per heavy atom. The molecule has 0 N–H and O–H groups in total. The minimum absolute atomic E-state index is 0.507. The van der Waals surface area contributed by atoms with Gasteiger partial charge in [0.2, 0.25) is 0 Å². The van der Waals surface area contributed by atoms with Crippen molar-refractivity contribution in [3.05, 3.63) is 293 Å². The summed E-state index contributed by atoms with van der Waals surface area (Å²) in [5.74, 6) is 0. The topological polar surface area (TPSA) is 16.4 Å². The fraction of sp³-hybridized carbons (Fsp3) is 0.0476. The highest BCUT2D eigenvalue weighted by atomic mass is 16.3. The molecule has 1 heterocycles. The van der Waals surface area contributed by atoms with Crippen LogP contribution in [0, 0.1) is 0 Å². The van der Waals surface area contributed by atoms with Crippen molar-refractivity contribution in [1.82, 2.24) is 0 Å². The summed E-state index contributed by atoms with van der Waals surface area (Å²) in [5.41, 5.74) is 19.2. The van der Waals surface area contributed by atoms with E-state index in [1.165, 1.54) is 66.8 Å². The Balaban J connectivity index is 1.14. The van der Waals surface area contributed by atoms with Crippen molar-refractivity contribution >= 4 is 39.0 Å². The minimum atomic E-state index is -0.540. The van der Waals surface area contributed by atoms with Crippen LogP contribution in [0.15, 0.2) is 253 Å². The van der Waals surface area contributed by atoms with Gasteiger partial charge in [-0.3, -0.25) is 0 Å². The van der Waals surface area contributed by atoms with Crippen LogP contribution in [-0.2, 0) is 17.3 Å². The first kappa shape index (κ1) is 37.4. The van der Waals surface area contributed by atoms with Gasteiger partial charge in [0.1, 0.15) is 11.2 Å². The van der Waals surface area contributed by atoms with Gasteiger partial charge in [0.15, 0.2) is 0 Å². The maximum Gasteiger partial charge on any atom is 0.137 e. The molecule has 306 valence electrons. The molecule has 0 spiro atoms. The zero-order valence-electron chi connectivity index (χ0n) is 35.7. The zero-order valence-corrected chi connectivity index (χ0v) is 35.7. The molecule has 2 aliphatic rings. The summed E-state index contributed by atoms with van der Waals surface area (Å²) in [4.78, 5) is 2.50. The summed E-state index contributed by atoms with van der Waals surface area (Å²) in [6.07, 6.45) is 0.794. The monoisotopic (exact) mass is 829 g/mol. The molecule has 0 unspecified atom stereocenters. The first-order valence-corrected chi connectivity index (χ1v) is 22.6. The van der Waals surface area contributed by atoms with E-state index in [1.807, 2.05) is 0 Å². The highest BCUT2D eigenvalue weighted by molar-refractivity contribution is 6.16. The molecule has 0 atom stereocenters. The van der Waals surface area contributed by atoms with Crippen molar-refractivity contribution in [2.75, 3.05) is 4.90 Å². The van der Waals surface area contributed by atoms with Gasteiger partial charge in [-0.25, -0.2) is 0 Å². The number of nitrogens with zero attached hydrogens (tertiary/aromatic N) is 1. The molecule has 0 fully saturated rings. The van der Waals surface area contributed by atoms with Gasteiger partial charge in [0.25, 0.3) is 0 Å². The Hall–Kier alpha value is -8.20. The zero-order chi connectivity index (χ0) is 43.0. The van der Waals surface area contributed by atoms with Gasteiger partial charge >= 0.3 is 0 Å². The quantitative estimate of drug-likeness (QED) is 0.152. The largest absolute Gasteiger partial charge is 0.456 e. The SMILES string of the molecule is c1ccc(CC2(c3cccc4oc5cccc(N(c6ccccc6)c6cccc7c6-c6ccccc6C7(c6ccccc6)c6ccccc6)c5c34)c3ccccc3-c3ccccc32)cc1. The molecule has 2 heteroatoms. The van der Waals surface area contributed by atoms with Crippen LogP contribution in [0.5, 0.6) is 0 Å². The normalized spacial score (nSPS) is 13.8. The summed E-state index contributed by atoms with van der Waals surface area (Å²) in [6, 6.07) is 91.4. The van der Waals surface area contributed by atoms with E-state index in [1.54, 1.807) is 0 Å². The number of para-hydroxylation sites is 1. The van der Waals surface area contributed by atoms with Crippen LogP contribution in [0.3, 0.4) is 0 Å². The second-order valence-corrected chi connectivity index (χ2v) is 17.5. The molecule has 10 aromatic carbocycles. The first-order valence-electron chi connectivity index (χ1n) is 22.6. The molecular weight excluding hydrogens is 787 g/mol. The molecule has 2 nitrogen and oxygen atoms in total. The van der Waals surface area contributed by atoms with Crippen LogP contribution in [0.1, 0.15) is 44.5 Å². The van der Waals surface area contributed by atoms with Gasteiger partial charge in [-0.15, -0.1) is 0 Å². The van der Waals surface area contributed by atoms with E-state index in [4.69, 9.17) is 4.42 Å². The van der Waals surface area contributed by atoms with Crippen LogP contribution in [0.2, 0.25) is 0 Å². The van der Waals surface area contributed by atoms with Gasteiger partial charge in [0, 0.05) is 16.6 Å². The third-order valence-electron chi connectivity index (χ3n) is 14.3. The van der Waals surface area contributed by atoms with Gasteiger partial charge in [-0.2, -0.15) is 0 Å². The summed E-state index contributed by atoms with van der Waals surface area (Å²) >= 11 is 0. The standard InChI is InChI=1S/C63H43NO/c1-5-22-43(23-6-1)42-62(50-33-16-13-30-47(50)48-31-14-17-34-51(48)62)53-36-20-40-57-60(53)61-56(39-21-41-58(61)65-57)64(46-28-11-4-12-29-46)55-38-19-37-54-59(55)49-32-15-18-35-52(49)63(54,44-24-7-2-8-25-44)45-26-9-3-10-27-45/h1-41H,42H2. The van der Waals surface area contributed by atoms with Gasteiger partial charge in [-0.05, 0) is 104 Å². The molecule has 0 radical (unpaired) electrons. The first-order chi connectivity index (χ1) is 32.3. The van der Waals surface area contributed by atoms with E-state index < -0.39 is 10.8 Å². The lowest BCUT2D eigenvalue weighted by Gasteiger charge is -2.35. The Morgan fingerprint density at radius 1 is 0.338 bits per heavy atom. The molecule has 0 aliphatic heterocycles. The Labute approximate surface area is 379 Å². The van der Waals surface area contributed by atoms with Crippen LogP contribution >= 0.6 is 0 Å². The van der Waals surface area contributed by atoms with E-state index in [9.17, 15) is 0 Å². The fourth-order valence-corrected chi connectivity index (χ4v) is 11.8. The Morgan fingerprint density at radius 3 is 1.45 bits per heavy atom. The third-order valence-corrected chi connectivity index (χ3v) is 14.3. The molecule has 0 bridgehead atoms. The number of fused-ring (bicyclic) bond motifs is 9. The van der Waals surface area contributed by atoms with E-state index in [2.05, 4.69) is 254 Å². The van der Waals surface area contributed by atoms with E-state index >= 15 is 0 Å². The van der Waals surface area contributed by atoms with E-state index in [0.717, 1.165) is 45.4 Å². The van der Waals surface area contributed by atoms with Crippen molar-refractivity contribution in [2.45, 2.75) is 17.3 Å². The predicted molar refractivity (Wildman–Crippen MR) is 268 cm³/mol. The molecule has 65 heavy (non-hydrogen) atoms. The van der Waals surface area contributed by atoms with Gasteiger partial charge in [-0.1, -0.05) is 212 Å². The lowest BCUT2D eigenvalue weighted by Crippen LogP contribution is -2.30. The summed E-state index contributed by atoms with van der Waals surface area (Å²) in [7, 11) is 0. The van der Waals surface area contributed by atoms with E-state index in [-0.39, 0.29) is 0 Å². The third kappa shape index (κ3) is 5.35.